The number of amides is 1. The molecule has 0 radical (unpaired) electrons. The molecule has 0 saturated heterocycles. The Balaban J connectivity index is 1.41. The lowest BCUT2D eigenvalue weighted by Gasteiger charge is -2.28. The van der Waals surface area contributed by atoms with Crippen LogP contribution in [0, 0.1) is 6.92 Å². The van der Waals surface area contributed by atoms with E-state index < -0.39 is 6.04 Å². The predicted molar refractivity (Wildman–Crippen MR) is 134 cm³/mol. The van der Waals surface area contributed by atoms with Crippen molar-refractivity contribution in [3.8, 4) is 5.75 Å². The number of tetrazole rings is 1. The van der Waals surface area contributed by atoms with Gasteiger partial charge in [0.05, 0.1) is 5.57 Å². The van der Waals surface area contributed by atoms with Crippen molar-refractivity contribution >= 4 is 29.1 Å². The van der Waals surface area contributed by atoms with Gasteiger partial charge in [-0.05, 0) is 77.4 Å². The van der Waals surface area contributed by atoms with E-state index in [0.717, 1.165) is 16.9 Å². The van der Waals surface area contributed by atoms with Crippen molar-refractivity contribution in [1.82, 2.24) is 20.2 Å². The lowest BCUT2D eigenvalue weighted by molar-refractivity contribution is -0.113. The molecule has 176 valence electrons. The van der Waals surface area contributed by atoms with Crippen LogP contribution >= 0.6 is 11.6 Å². The minimum Gasteiger partial charge on any atom is -0.489 e. The summed E-state index contributed by atoms with van der Waals surface area (Å²) in [4.78, 5) is 13.4. The molecule has 1 amide bonds. The molecule has 0 fully saturated rings. The van der Waals surface area contributed by atoms with Crippen molar-refractivity contribution in [1.29, 1.82) is 0 Å². The summed E-state index contributed by atoms with van der Waals surface area (Å²) in [6.07, 6.45) is 0. The van der Waals surface area contributed by atoms with Gasteiger partial charge in [0.2, 0.25) is 5.95 Å². The molecule has 5 rings (SSSR count). The number of aromatic nitrogens is 4. The van der Waals surface area contributed by atoms with Crippen LogP contribution in [0.25, 0.3) is 0 Å². The highest BCUT2D eigenvalue weighted by molar-refractivity contribution is 6.30. The van der Waals surface area contributed by atoms with E-state index in [2.05, 4.69) is 45.2 Å². The molecule has 1 aliphatic heterocycles. The fourth-order valence-corrected chi connectivity index (χ4v) is 4.15. The van der Waals surface area contributed by atoms with Crippen molar-refractivity contribution in [3.63, 3.8) is 0 Å². The summed E-state index contributed by atoms with van der Waals surface area (Å²) in [7, 11) is 0. The molecule has 4 aromatic rings. The number of carbonyl (C=O) groups is 1. The van der Waals surface area contributed by atoms with Gasteiger partial charge < -0.3 is 15.4 Å². The molecule has 1 atom stereocenters. The minimum absolute atomic E-state index is 0.261. The van der Waals surface area contributed by atoms with Crippen LogP contribution in [0.3, 0.4) is 0 Å². The highest BCUT2D eigenvalue weighted by Crippen LogP contribution is 2.35. The van der Waals surface area contributed by atoms with E-state index in [4.69, 9.17) is 16.3 Å². The number of fused-ring (bicyclic) bond motifs is 1. The van der Waals surface area contributed by atoms with Gasteiger partial charge in [-0.2, -0.15) is 4.68 Å². The van der Waals surface area contributed by atoms with Gasteiger partial charge in [-0.3, -0.25) is 4.79 Å². The predicted octanol–water partition coefficient (Wildman–Crippen LogP) is 5.14. The third-order valence-corrected chi connectivity index (χ3v) is 6.16. The van der Waals surface area contributed by atoms with Crippen LogP contribution in [0.15, 0.2) is 84.1 Å². The van der Waals surface area contributed by atoms with E-state index in [-0.39, 0.29) is 5.91 Å². The molecule has 0 aliphatic carbocycles. The zero-order valence-corrected chi connectivity index (χ0v) is 20.0. The van der Waals surface area contributed by atoms with E-state index in [1.165, 1.54) is 5.56 Å². The normalized spacial score (nSPS) is 14.8. The number of allylic oxidation sites excluding steroid dienone is 1. The Hall–Kier alpha value is -4.17. The Morgan fingerprint density at radius 1 is 1.06 bits per heavy atom. The zero-order valence-electron chi connectivity index (χ0n) is 19.2. The summed E-state index contributed by atoms with van der Waals surface area (Å²) < 4.78 is 7.60. The second kappa shape index (κ2) is 9.60. The molecule has 9 heteroatoms. The summed E-state index contributed by atoms with van der Waals surface area (Å²) in [6, 6.07) is 22.2. The summed E-state index contributed by atoms with van der Waals surface area (Å²) in [5.41, 5.74) is 4.98. The first-order chi connectivity index (χ1) is 17.0. The Labute approximate surface area is 207 Å². The Morgan fingerprint density at radius 2 is 1.80 bits per heavy atom. The number of nitrogens with zero attached hydrogens (tertiary/aromatic N) is 4. The molecule has 0 saturated carbocycles. The largest absolute Gasteiger partial charge is 0.489 e. The maximum atomic E-state index is 13.4. The van der Waals surface area contributed by atoms with E-state index >= 15 is 0 Å². The molecule has 2 heterocycles. The number of anilines is 2. The number of hydrogen-bond donors (Lipinski definition) is 2. The first-order valence-corrected chi connectivity index (χ1v) is 11.5. The maximum Gasteiger partial charge on any atom is 0.255 e. The fraction of sp³-hybridized carbons (Fsp3) is 0.154. The molecule has 1 aromatic heterocycles. The van der Waals surface area contributed by atoms with E-state index in [9.17, 15) is 4.79 Å². The van der Waals surface area contributed by atoms with Crippen molar-refractivity contribution in [2.45, 2.75) is 26.5 Å². The van der Waals surface area contributed by atoms with Gasteiger partial charge >= 0.3 is 0 Å². The molecule has 3 aromatic carbocycles. The first-order valence-electron chi connectivity index (χ1n) is 11.1. The molecule has 35 heavy (non-hydrogen) atoms. The third kappa shape index (κ3) is 4.74. The number of aryl methyl sites for hydroxylation is 1. The summed E-state index contributed by atoms with van der Waals surface area (Å²) >= 11 is 5.98. The van der Waals surface area contributed by atoms with Crippen molar-refractivity contribution < 1.29 is 9.53 Å². The molecular weight excluding hydrogens is 464 g/mol. The van der Waals surface area contributed by atoms with Crippen LogP contribution in [0.4, 0.5) is 11.6 Å². The fourth-order valence-electron chi connectivity index (χ4n) is 4.03. The van der Waals surface area contributed by atoms with Gasteiger partial charge in [0.15, 0.2) is 0 Å². The second-order valence-electron chi connectivity index (χ2n) is 8.26. The Kier molecular flexibility index (Phi) is 6.20. The quantitative estimate of drug-likeness (QED) is 0.392. The first kappa shape index (κ1) is 22.6. The van der Waals surface area contributed by atoms with Gasteiger partial charge in [0.25, 0.3) is 5.91 Å². The second-order valence-corrected chi connectivity index (χ2v) is 8.69. The average molecular weight is 487 g/mol. The molecule has 8 nitrogen and oxygen atoms in total. The highest BCUT2D eigenvalue weighted by atomic mass is 35.5. The summed E-state index contributed by atoms with van der Waals surface area (Å²) in [6.45, 7) is 4.37. The van der Waals surface area contributed by atoms with Crippen molar-refractivity contribution in [2.75, 3.05) is 10.6 Å². The molecule has 0 bridgehead atoms. The van der Waals surface area contributed by atoms with Crippen molar-refractivity contribution in [2.24, 2.45) is 0 Å². The third-order valence-electron chi connectivity index (χ3n) is 5.91. The van der Waals surface area contributed by atoms with Gasteiger partial charge in [-0.15, -0.1) is 0 Å². The zero-order chi connectivity index (χ0) is 24.4. The average Bonchev–Trinajstić information content (AvgIpc) is 3.32. The number of halogens is 1. The van der Waals surface area contributed by atoms with Gasteiger partial charge in [-0.25, -0.2) is 0 Å². The lowest BCUT2D eigenvalue weighted by atomic mass is 9.95. The number of nitrogens with one attached hydrogen (secondary N) is 2. The van der Waals surface area contributed by atoms with Crippen LogP contribution in [0.2, 0.25) is 5.02 Å². The maximum absolute atomic E-state index is 13.4. The number of benzene rings is 3. The Bertz CT molecular complexity index is 1400. The molecular formula is C26H23ClN6O2. The molecule has 2 N–H and O–H groups in total. The number of ether oxygens (including phenoxy) is 1. The minimum atomic E-state index is -0.515. The standard InChI is InChI=1S/C26H23ClN6O2/c1-16-5-3-4-6-19(16)15-35-22-13-7-18(8-14-22)24-23(17(2)28-26-30-31-32-33(24)26)25(34)29-21-11-9-20(27)10-12-21/h3-14,24H,15H2,1-2H3,(H,29,34)(H,28,30,32). The molecule has 0 spiro atoms. The topological polar surface area (TPSA) is 94.0 Å². The summed E-state index contributed by atoms with van der Waals surface area (Å²) in [5.74, 6) is 0.939. The van der Waals surface area contributed by atoms with Crippen LogP contribution in [-0.2, 0) is 11.4 Å². The van der Waals surface area contributed by atoms with Crippen LogP contribution in [0.1, 0.15) is 29.7 Å². The monoisotopic (exact) mass is 486 g/mol. The Morgan fingerprint density at radius 3 is 2.54 bits per heavy atom. The van der Waals surface area contributed by atoms with Gasteiger partial charge in [0.1, 0.15) is 18.4 Å². The number of carbonyl (C=O) groups excluding carboxylic acids is 1. The number of rotatable bonds is 6. The SMILES string of the molecule is CC1=C(C(=O)Nc2ccc(Cl)cc2)C(c2ccc(OCc3ccccc3C)cc2)n2nnnc2N1. The lowest BCUT2D eigenvalue weighted by Crippen LogP contribution is -2.31. The van der Waals surface area contributed by atoms with E-state index in [1.807, 2.05) is 43.3 Å². The van der Waals surface area contributed by atoms with Gasteiger partial charge in [0, 0.05) is 16.4 Å². The molecule has 1 unspecified atom stereocenters. The van der Waals surface area contributed by atoms with E-state index in [0.29, 0.717) is 34.5 Å². The smallest absolute Gasteiger partial charge is 0.255 e. The van der Waals surface area contributed by atoms with Crippen LogP contribution in [-0.4, -0.2) is 26.1 Å². The highest BCUT2D eigenvalue weighted by Gasteiger charge is 2.34. The van der Waals surface area contributed by atoms with Crippen LogP contribution < -0.4 is 15.4 Å². The van der Waals surface area contributed by atoms with Crippen molar-refractivity contribution in [3.05, 3.63) is 106 Å². The molecule has 1 aliphatic rings. The summed E-state index contributed by atoms with van der Waals surface area (Å²) in [5, 5.41) is 18.6. The van der Waals surface area contributed by atoms with Gasteiger partial charge in [-0.1, -0.05) is 53.1 Å². The van der Waals surface area contributed by atoms with Crippen LogP contribution in [0.5, 0.6) is 5.75 Å². The number of hydrogen-bond acceptors (Lipinski definition) is 6. The van der Waals surface area contributed by atoms with E-state index in [1.54, 1.807) is 28.9 Å².